The number of carbonyl (C=O) groups is 2. The summed E-state index contributed by atoms with van der Waals surface area (Å²) in [6, 6.07) is 12.0. The summed E-state index contributed by atoms with van der Waals surface area (Å²) in [4.78, 5) is 25.4. The highest BCUT2D eigenvalue weighted by atomic mass is 19.4. The van der Waals surface area contributed by atoms with Gasteiger partial charge in [0.15, 0.2) is 6.10 Å². The van der Waals surface area contributed by atoms with Gasteiger partial charge >= 0.3 is 18.2 Å². The minimum Gasteiger partial charge on any atom is -0.492 e. The second-order valence-corrected chi connectivity index (χ2v) is 8.58. The van der Waals surface area contributed by atoms with Gasteiger partial charge in [-0.3, -0.25) is 0 Å². The van der Waals surface area contributed by atoms with Crippen LogP contribution < -0.4 is 10.1 Å². The summed E-state index contributed by atoms with van der Waals surface area (Å²) in [6.45, 7) is 2.52. The molecule has 0 aliphatic heterocycles. The molecule has 0 saturated carbocycles. The number of rotatable bonds is 17. The van der Waals surface area contributed by atoms with E-state index in [1.807, 2.05) is 0 Å². The van der Waals surface area contributed by atoms with Gasteiger partial charge in [0.25, 0.3) is 0 Å². The van der Waals surface area contributed by atoms with E-state index in [4.69, 9.17) is 14.2 Å². The summed E-state index contributed by atoms with van der Waals surface area (Å²) in [5.41, 5.74) is 1.45. The lowest BCUT2D eigenvalue weighted by atomic mass is 10.1. The monoisotopic (exact) mass is 558 g/mol. The van der Waals surface area contributed by atoms with Crippen molar-refractivity contribution in [3.63, 3.8) is 0 Å². The fourth-order valence-electron chi connectivity index (χ4n) is 3.49. The molecule has 0 aromatic heterocycles. The lowest BCUT2D eigenvalue weighted by molar-refractivity contribution is -0.150. The number of carboxylic acid groups (broad SMARTS) is 1. The SMILES string of the molecule is CCOC(Cc1ccc(OCCN(CCOCCCC(F)(F)F)C(=O)NCc2ccc(F)cc2)cc1)C(=O)O. The van der Waals surface area contributed by atoms with Crippen LogP contribution in [-0.4, -0.2) is 73.8 Å². The highest BCUT2D eigenvalue weighted by Gasteiger charge is 2.26. The zero-order chi connectivity index (χ0) is 28.7. The molecule has 0 fully saturated rings. The topological polar surface area (TPSA) is 97.3 Å². The van der Waals surface area contributed by atoms with E-state index >= 15 is 0 Å². The van der Waals surface area contributed by atoms with Crippen molar-refractivity contribution in [1.29, 1.82) is 0 Å². The summed E-state index contributed by atoms with van der Waals surface area (Å²) in [6.07, 6.45) is -6.10. The van der Waals surface area contributed by atoms with Crippen LogP contribution >= 0.6 is 0 Å². The Balaban J connectivity index is 1.87. The summed E-state index contributed by atoms with van der Waals surface area (Å²) in [5.74, 6) is -0.924. The van der Waals surface area contributed by atoms with Gasteiger partial charge in [-0.05, 0) is 48.7 Å². The Bertz CT molecular complexity index is 1000. The molecule has 2 aromatic rings. The number of amides is 2. The van der Waals surface area contributed by atoms with E-state index in [0.29, 0.717) is 11.3 Å². The van der Waals surface area contributed by atoms with Crippen molar-refractivity contribution in [3.8, 4) is 5.75 Å². The quantitative estimate of drug-likeness (QED) is 0.214. The normalized spacial score (nSPS) is 12.1. The van der Waals surface area contributed by atoms with Crippen molar-refractivity contribution in [2.24, 2.45) is 0 Å². The predicted octanol–water partition coefficient (Wildman–Crippen LogP) is 4.81. The van der Waals surface area contributed by atoms with Crippen LogP contribution in [0.2, 0.25) is 0 Å². The van der Waals surface area contributed by atoms with Gasteiger partial charge in [-0.2, -0.15) is 13.2 Å². The number of carboxylic acids is 1. The molecule has 0 spiro atoms. The Morgan fingerprint density at radius 3 is 2.23 bits per heavy atom. The molecule has 39 heavy (non-hydrogen) atoms. The van der Waals surface area contributed by atoms with E-state index in [1.165, 1.54) is 17.0 Å². The Kier molecular flexibility index (Phi) is 13.5. The zero-order valence-corrected chi connectivity index (χ0v) is 21.7. The lowest BCUT2D eigenvalue weighted by Crippen LogP contribution is -2.43. The molecule has 1 atom stereocenters. The zero-order valence-electron chi connectivity index (χ0n) is 21.7. The number of alkyl halides is 3. The summed E-state index contributed by atoms with van der Waals surface area (Å²) < 4.78 is 66.2. The van der Waals surface area contributed by atoms with Crippen LogP contribution in [0.3, 0.4) is 0 Å². The number of nitrogens with zero attached hydrogens (tertiary/aromatic N) is 1. The van der Waals surface area contributed by atoms with Gasteiger partial charge in [0.05, 0.1) is 13.2 Å². The van der Waals surface area contributed by atoms with Crippen LogP contribution in [0.1, 0.15) is 30.9 Å². The van der Waals surface area contributed by atoms with Crippen molar-refractivity contribution < 1.29 is 46.5 Å². The Morgan fingerprint density at radius 2 is 1.62 bits per heavy atom. The fraction of sp³-hybridized carbons (Fsp3) is 0.481. The molecule has 12 heteroatoms. The highest BCUT2D eigenvalue weighted by molar-refractivity contribution is 5.74. The van der Waals surface area contributed by atoms with Gasteiger partial charge in [-0.1, -0.05) is 24.3 Å². The molecule has 8 nitrogen and oxygen atoms in total. The first kappa shape index (κ1) is 31.8. The van der Waals surface area contributed by atoms with Gasteiger partial charge < -0.3 is 29.5 Å². The molecule has 0 aliphatic rings. The van der Waals surface area contributed by atoms with Crippen molar-refractivity contribution in [1.82, 2.24) is 10.2 Å². The highest BCUT2D eigenvalue weighted by Crippen LogP contribution is 2.21. The third kappa shape index (κ3) is 13.3. The van der Waals surface area contributed by atoms with Crippen LogP contribution in [0.5, 0.6) is 5.75 Å². The average Bonchev–Trinajstić information content (AvgIpc) is 2.89. The molecule has 0 heterocycles. The molecule has 0 radical (unpaired) electrons. The maximum Gasteiger partial charge on any atom is 0.389 e. The van der Waals surface area contributed by atoms with E-state index in [2.05, 4.69) is 5.32 Å². The molecule has 0 bridgehead atoms. The number of hydrogen-bond acceptors (Lipinski definition) is 5. The van der Waals surface area contributed by atoms with Crippen molar-refractivity contribution >= 4 is 12.0 Å². The first-order valence-electron chi connectivity index (χ1n) is 12.5. The van der Waals surface area contributed by atoms with Crippen LogP contribution in [0, 0.1) is 5.82 Å². The van der Waals surface area contributed by atoms with E-state index in [9.17, 15) is 32.3 Å². The molecule has 2 amide bonds. The molecule has 2 N–H and O–H groups in total. The van der Waals surface area contributed by atoms with E-state index in [1.54, 1.807) is 43.3 Å². The van der Waals surface area contributed by atoms with Crippen LogP contribution in [0.4, 0.5) is 22.4 Å². The first-order chi connectivity index (χ1) is 18.6. The largest absolute Gasteiger partial charge is 0.492 e. The van der Waals surface area contributed by atoms with Crippen molar-refractivity contribution in [2.75, 3.05) is 39.5 Å². The number of benzene rings is 2. The summed E-state index contributed by atoms with van der Waals surface area (Å²) in [5, 5.41) is 12.0. The van der Waals surface area contributed by atoms with Crippen LogP contribution in [0.25, 0.3) is 0 Å². The van der Waals surface area contributed by atoms with Gasteiger partial charge in [-0.25, -0.2) is 14.0 Å². The number of urea groups is 1. The molecule has 0 saturated heterocycles. The molecule has 2 aromatic carbocycles. The number of ether oxygens (including phenoxy) is 3. The Morgan fingerprint density at radius 1 is 0.974 bits per heavy atom. The van der Waals surface area contributed by atoms with Gasteiger partial charge in [0, 0.05) is 39.1 Å². The van der Waals surface area contributed by atoms with E-state index < -0.39 is 36.5 Å². The van der Waals surface area contributed by atoms with Crippen molar-refractivity contribution in [3.05, 3.63) is 65.5 Å². The van der Waals surface area contributed by atoms with Gasteiger partial charge in [0.2, 0.25) is 0 Å². The minimum absolute atomic E-state index is 0.0428. The summed E-state index contributed by atoms with van der Waals surface area (Å²) >= 11 is 0. The minimum atomic E-state index is -4.24. The molecule has 2 rings (SSSR count). The third-order valence-electron chi connectivity index (χ3n) is 5.52. The van der Waals surface area contributed by atoms with Crippen molar-refractivity contribution in [2.45, 2.75) is 45.0 Å². The fourth-order valence-corrected chi connectivity index (χ4v) is 3.49. The molecule has 0 aliphatic carbocycles. The number of carbonyl (C=O) groups excluding carboxylic acids is 1. The lowest BCUT2D eigenvalue weighted by Gasteiger charge is -2.23. The second kappa shape index (κ2) is 16.6. The van der Waals surface area contributed by atoms with E-state index in [-0.39, 0.29) is 58.9 Å². The van der Waals surface area contributed by atoms with Gasteiger partial charge in [0.1, 0.15) is 18.2 Å². The van der Waals surface area contributed by atoms with Crippen LogP contribution in [-0.2, 0) is 27.2 Å². The Labute approximate surface area is 224 Å². The number of nitrogens with one attached hydrogen (secondary N) is 1. The number of hydrogen-bond donors (Lipinski definition) is 2. The Hall–Kier alpha value is -3.38. The second-order valence-electron chi connectivity index (χ2n) is 8.58. The van der Waals surface area contributed by atoms with Crippen LogP contribution in [0.15, 0.2) is 48.5 Å². The third-order valence-corrected chi connectivity index (χ3v) is 5.52. The molecule has 216 valence electrons. The maximum atomic E-state index is 13.1. The molecular formula is C27H34F4N2O6. The molecular weight excluding hydrogens is 524 g/mol. The maximum absolute atomic E-state index is 13.1. The first-order valence-corrected chi connectivity index (χ1v) is 12.5. The average molecular weight is 559 g/mol. The number of aliphatic carboxylic acids is 1. The van der Waals surface area contributed by atoms with E-state index in [0.717, 1.165) is 5.56 Å². The molecule has 1 unspecified atom stereocenters. The smallest absolute Gasteiger partial charge is 0.389 e. The summed E-state index contributed by atoms with van der Waals surface area (Å²) in [7, 11) is 0. The predicted molar refractivity (Wildman–Crippen MR) is 135 cm³/mol. The number of halogens is 4. The standard InChI is InChI=1S/C27H34F4N2O6/c1-2-38-24(25(34)35)18-20-6-10-23(11-7-20)39-17-14-33(13-16-37-15-3-12-27(29,30)31)26(36)32-19-21-4-8-22(28)9-5-21/h4-11,24H,2-3,12-19H2,1H3,(H,32,36)(H,34,35). The van der Waals surface area contributed by atoms with Gasteiger partial charge in [-0.15, -0.1) is 0 Å².